The molecule has 1 aliphatic carbocycles. The molecule has 0 saturated heterocycles. The van der Waals surface area contributed by atoms with Crippen LogP contribution in [0.4, 0.5) is 0 Å². The minimum absolute atomic E-state index is 0.107. The molecule has 122 valence electrons. The normalized spacial score (nSPS) is 13.0. The molecule has 1 aromatic carbocycles. The standard InChI is InChI=1S/C18H18N4OS/c1-11-10-24-18(20-11)13-5-2-4-12(8-13)9-19-17(23)16-14-6-3-7-15(14)21-22-16/h2,4-5,8,10H,3,6-7,9H2,1H3,(H,19,23)(H,21,22). The number of rotatable bonds is 4. The van der Waals surface area contributed by atoms with Crippen LogP contribution in [0.2, 0.25) is 0 Å². The molecule has 0 bridgehead atoms. The van der Waals surface area contributed by atoms with Crippen LogP contribution in [0.15, 0.2) is 29.6 Å². The van der Waals surface area contributed by atoms with E-state index in [-0.39, 0.29) is 5.91 Å². The number of benzene rings is 1. The molecule has 0 aliphatic heterocycles. The maximum atomic E-state index is 12.4. The van der Waals surface area contributed by atoms with Crippen LogP contribution in [-0.4, -0.2) is 21.1 Å². The van der Waals surface area contributed by atoms with Crippen LogP contribution in [0, 0.1) is 6.92 Å². The Hall–Kier alpha value is -2.47. The summed E-state index contributed by atoms with van der Waals surface area (Å²) in [6, 6.07) is 8.14. The lowest BCUT2D eigenvalue weighted by atomic mass is 10.1. The third-order valence-electron chi connectivity index (χ3n) is 4.27. The van der Waals surface area contributed by atoms with E-state index >= 15 is 0 Å². The van der Waals surface area contributed by atoms with Crippen molar-refractivity contribution in [2.24, 2.45) is 0 Å². The fourth-order valence-corrected chi connectivity index (χ4v) is 3.87. The number of hydrogen-bond acceptors (Lipinski definition) is 4. The van der Waals surface area contributed by atoms with E-state index in [1.807, 2.05) is 30.5 Å². The van der Waals surface area contributed by atoms with E-state index < -0.39 is 0 Å². The zero-order valence-corrected chi connectivity index (χ0v) is 14.2. The molecule has 0 fully saturated rings. The average Bonchev–Trinajstić information content (AvgIpc) is 3.29. The van der Waals surface area contributed by atoms with E-state index in [9.17, 15) is 4.79 Å². The Kier molecular flexibility index (Phi) is 3.90. The first-order chi connectivity index (χ1) is 11.7. The molecule has 2 aromatic heterocycles. The van der Waals surface area contributed by atoms with Gasteiger partial charge in [0.05, 0.1) is 0 Å². The second kappa shape index (κ2) is 6.20. The van der Waals surface area contributed by atoms with Crippen molar-refractivity contribution in [2.75, 3.05) is 0 Å². The molecule has 0 radical (unpaired) electrons. The number of H-pyrrole nitrogens is 1. The number of fused-ring (bicyclic) bond motifs is 1. The van der Waals surface area contributed by atoms with Gasteiger partial charge < -0.3 is 5.32 Å². The number of aromatic amines is 1. The number of thiazole rings is 1. The summed E-state index contributed by atoms with van der Waals surface area (Å²) in [6.07, 6.45) is 3.03. The summed E-state index contributed by atoms with van der Waals surface area (Å²) in [5, 5.41) is 13.2. The molecule has 2 N–H and O–H groups in total. The second-order valence-corrected chi connectivity index (χ2v) is 6.92. The van der Waals surface area contributed by atoms with Gasteiger partial charge in [0.2, 0.25) is 0 Å². The van der Waals surface area contributed by atoms with Crippen molar-refractivity contribution >= 4 is 17.2 Å². The number of nitrogens with zero attached hydrogens (tertiary/aromatic N) is 2. The van der Waals surface area contributed by atoms with Crippen molar-refractivity contribution in [1.29, 1.82) is 0 Å². The van der Waals surface area contributed by atoms with Gasteiger partial charge >= 0.3 is 0 Å². The van der Waals surface area contributed by atoms with E-state index in [1.165, 1.54) is 0 Å². The van der Waals surface area contributed by atoms with E-state index in [2.05, 4.69) is 26.6 Å². The summed E-state index contributed by atoms with van der Waals surface area (Å²) in [6.45, 7) is 2.48. The highest BCUT2D eigenvalue weighted by molar-refractivity contribution is 7.13. The van der Waals surface area contributed by atoms with Crippen LogP contribution in [0.5, 0.6) is 0 Å². The van der Waals surface area contributed by atoms with Gasteiger partial charge in [0.1, 0.15) is 5.01 Å². The van der Waals surface area contributed by atoms with Gasteiger partial charge in [0, 0.05) is 34.4 Å². The Morgan fingerprint density at radius 3 is 3.12 bits per heavy atom. The molecule has 6 heteroatoms. The summed E-state index contributed by atoms with van der Waals surface area (Å²) < 4.78 is 0. The van der Waals surface area contributed by atoms with Crippen molar-refractivity contribution < 1.29 is 4.79 Å². The largest absolute Gasteiger partial charge is 0.347 e. The molecule has 0 spiro atoms. The zero-order valence-electron chi connectivity index (χ0n) is 13.4. The van der Waals surface area contributed by atoms with Gasteiger partial charge in [-0.2, -0.15) is 5.10 Å². The number of aryl methyl sites for hydroxylation is 2. The van der Waals surface area contributed by atoms with Gasteiger partial charge in [0.15, 0.2) is 5.69 Å². The fourth-order valence-electron chi connectivity index (χ4n) is 3.07. The van der Waals surface area contributed by atoms with Gasteiger partial charge in [-0.3, -0.25) is 9.89 Å². The number of carbonyl (C=O) groups excluding carboxylic acids is 1. The van der Waals surface area contributed by atoms with Crippen molar-refractivity contribution in [3.63, 3.8) is 0 Å². The maximum absolute atomic E-state index is 12.4. The first-order valence-corrected chi connectivity index (χ1v) is 8.94. The summed E-state index contributed by atoms with van der Waals surface area (Å²) in [5.74, 6) is -0.107. The average molecular weight is 338 g/mol. The molecule has 0 unspecified atom stereocenters. The Balaban J connectivity index is 1.47. The van der Waals surface area contributed by atoms with Crippen molar-refractivity contribution in [3.8, 4) is 10.6 Å². The van der Waals surface area contributed by atoms with Gasteiger partial charge in [-0.05, 0) is 37.8 Å². The molecule has 5 nitrogen and oxygen atoms in total. The molecule has 24 heavy (non-hydrogen) atoms. The Bertz CT molecular complexity index is 896. The second-order valence-electron chi connectivity index (χ2n) is 6.06. The van der Waals surface area contributed by atoms with Crippen LogP contribution in [0.25, 0.3) is 10.6 Å². The van der Waals surface area contributed by atoms with Gasteiger partial charge in [-0.15, -0.1) is 11.3 Å². The number of carbonyl (C=O) groups is 1. The summed E-state index contributed by atoms with van der Waals surface area (Å²) in [5.41, 5.74) is 5.91. The predicted octanol–water partition coefficient (Wildman–Crippen LogP) is 3.26. The van der Waals surface area contributed by atoms with Crippen LogP contribution >= 0.6 is 11.3 Å². The third kappa shape index (κ3) is 2.85. The monoisotopic (exact) mass is 338 g/mol. The van der Waals surface area contributed by atoms with Crippen LogP contribution in [0.3, 0.4) is 0 Å². The van der Waals surface area contributed by atoms with Gasteiger partial charge in [-0.25, -0.2) is 4.98 Å². The highest BCUT2D eigenvalue weighted by Gasteiger charge is 2.22. The summed E-state index contributed by atoms with van der Waals surface area (Å²) in [4.78, 5) is 16.9. The van der Waals surface area contributed by atoms with Crippen molar-refractivity contribution in [2.45, 2.75) is 32.7 Å². The molecule has 0 saturated carbocycles. The molecular weight excluding hydrogens is 320 g/mol. The van der Waals surface area contributed by atoms with Crippen molar-refractivity contribution in [1.82, 2.24) is 20.5 Å². The fraction of sp³-hybridized carbons (Fsp3) is 0.278. The highest BCUT2D eigenvalue weighted by atomic mass is 32.1. The van der Waals surface area contributed by atoms with E-state index in [0.717, 1.165) is 52.3 Å². The highest BCUT2D eigenvalue weighted by Crippen LogP contribution is 2.25. The third-order valence-corrected chi connectivity index (χ3v) is 5.28. The molecule has 1 aliphatic rings. The quantitative estimate of drug-likeness (QED) is 0.767. The van der Waals surface area contributed by atoms with Gasteiger partial charge in [0.25, 0.3) is 5.91 Å². The lowest BCUT2D eigenvalue weighted by Crippen LogP contribution is -2.24. The molecule has 4 rings (SSSR count). The first-order valence-electron chi connectivity index (χ1n) is 8.06. The van der Waals surface area contributed by atoms with E-state index in [0.29, 0.717) is 12.2 Å². The topological polar surface area (TPSA) is 70.7 Å². The number of nitrogens with one attached hydrogen (secondary N) is 2. The van der Waals surface area contributed by atoms with Crippen LogP contribution in [-0.2, 0) is 19.4 Å². The Labute approximate surface area is 144 Å². The maximum Gasteiger partial charge on any atom is 0.272 e. The van der Waals surface area contributed by atoms with E-state index in [4.69, 9.17) is 0 Å². The Morgan fingerprint density at radius 2 is 2.29 bits per heavy atom. The summed E-state index contributed by atoms with van der Waals surface area (Å²) in [7, 11) is 0. The minimum Gasteiger partial charge on any atom is -0.347 e. The number of aromatic nitrogens is 3. The van der Waals surface area contributed by atoms with Crippen LogP contribution < -0.4 is 5.32 Å². The lowest BCUT2D eigenvalue weighted by Gasteiger charge is -2.06. The molecule has 3 aromatic rings. The SMILES string of the molecule is Cc1csc(-c2cccc(CNC(=O)c3n[nH]c4c3CCC4)c2)n1. The zero-order chi connectivity index (χ0) is 16.5. The predicted molar refractivity (Wildman–Crippen MR) is 94.1 cm³/mol. The lowest BCUT2D eigenvalue weighted by molar-refractivity contribution is 0.0945. The number of hydrogen-bond donors (Lipinski definition) is 2. The number of amides is 1. The molecule has 1 amide bonds. The molecular formula is C18H18N4OS. The smallest absolute Gasteiger partial charge is 0.272 e. The Morgan fingerprint density at radius 1 is 1.38 bits per heavy atom. The van der Waals surface area contributed by atoms with E-state index in [1.54, 1.807) is 11.3 Å². The van der Waals surface area contributed by atoms with Crippen molar-refractivity contribution in [3.05, 3.63) is 57.9 Å². The summed E-state index contributed by atoms with van der Waals surface area (Å²) >= 11 is 1.63. The molecule has 2 heterocycles. The first kappa shape index (κ1) is 15.1. The molecule has 0 atom stereocenters. The van der Waals surface area contributed by atoms with Crippen LogP contribution in [0.1, 0.15) is 39.4 Å². The minimum atomic E-state index is -0.107. The van der Waals surface area contributed by atoms with Gasteiger partial charge in [-0.1, -0.05) is 18.2 Å².